The van der Waals surface area contributed by atoms with Crippen LogP contribution >= 0.6 is 0 Å². The molecule has 2 aromatic rings. The molecule has 0 bridgehead atoms. The number of hydrogen-bond donors (Lipinski definition) is 0. The van der Waals surface area contributed by atoms with Gasteiger partial charge in [-0.3, -0.25) is 4.90 Å². The smallest absolute Gasteiger partial charge is 0.113 e. The molecule has 2 rings (SSSR count). The fraction of sp³-hybridized carbons (Fsp3) is 0.750. The fourth-order valence-corrected chi connectivity index (χ4v) is 4.13. The quantitative estimate of drug-likeness (QED) is 0.375. The predicted octanol–water partition coefficient (Wildman–Crippen LogP) is 6.43. The molecule has 0 amide bonds. The fourth-order valence-electron chi connectivity index (χ4n) is 4.13. The summed E-state index contributed by atoms with van der Waals surface area (Å²) in [5.41, 5.74) is 3.41. The highest BCUT2D eigenvalue weighted by atomic mass is 15.5. The molecule has 1 heterocycles. The Morgan fingerprint density at radius 3 is 2.07 bits per heavy atom. The average Bonchev–Trinajstić information content (AvgIpc) is 3.09. The molecule has 0 fully saturated rings. The van der Waals surface area contributed by atoms with Gasteiger partial charge in [0.05, 0.1) is 12.2 Å². The van der Waals surface area contributed by atoms with Crippen molar-refractivity contribution < 1.29 is 0 Å². The molecule has 0 spiro atoms. The van der Waals surface area contributed by atoms with Crippen LogP contribution in [-0.2, 0) is 6.67 Å². The third-order valence-corrected chi connectivity index (χ3v) is 6.12. The van der Waals surface area contributed by atoms with Crippen LogP contribution in [-0.4, -0.2) is 33.0 Å². The van der Waals surface area contributed by atoms with Gasteiger partial charge in [-0.05, 0) is 49.3 Å². The zero-order chi connectivity index (χ0) is 20.4. The molecule has 0 aliphatic carbocycles. The van der Waals surface area contributed by atoms with Crippen molar-refractivity contribution in [2.24, 2.45) is 11.8 Å². The molecule has 0 N–H and O–H groups in total. The van der Waals surface area contributed by atoms with E-state index < -0.39 is 0 Å². The molecule has 1 aromatic heterocycles. The Balaban J connectivity index is 2.15. The van der Waals surface area contributed by atoms with Crippen molar-refractivity contribution >= 4 is 11.0 Å². The zero-order valence-electron chi connectivity index (χ0n) is 19.0. The van der Waals surface area contributed by atoms with E-state index in [2.05, 4.69) is 72.7 Å². The van der Waals surface area contributed by atoms with Crippen LogP contribution in [0.1, 0.15) is 84.6 Å². The Kier molecular flexibility index (Phi) is 9.97. The first-order valence-corrected chi connectivity index (χ1v) is 11.6. The van der Waals surface area contributed by atoms with E-state index in [1.54, 1.807) is 0 Å². The number of hydrogen-bond acceptors (Lipinski definition) is 3. The lowest BCUT2D eigenvalue weighted by molar-refractivity contribution is 0.139. The Morgan fingerprint density at radius 1 is 0.929 bits per heavy atom. The molecule has 4 nitrogen and oxygen atoms in total. The number of unbranched alkanes of at least 4 members (excludes halogenated alkanes) is 2. The number of aromatic nitrogens is 3. The van der Waals surface area contributed by atoms with E-state index in [0.29, 0.717) is 0 Å². The Hall–Kier alpha value is -1.42. The number of rotatable bonds is 14. The molecule has 158 valence electrons. The van der Waals surface area contributed by atoms with E-state index in [9.17, 15) is 0 Å². The second kappa shape index (κ2) is 12.2. The third kappa shape index (κ3) is 6.88. The van der Waals surface area contributed by atoms with Gasteiger partial charge in [-0.1, -0.05) is 77.5 Å². The molecule has 2 atom stereocenters. The maximum absolute atomic E-state index is 4.49. The first kappa shape index (κ1) is 22.9. The second-order valence-corrected chi connectivity index (χ2v) is 8.59. The van der Waals surface area contributed by atoms with E-state index in [1.807, 2.05) is 0 Å². The highest BCUT2D eigenvalue weighted by Crippen LogP contribution is 2.20. The van der Waals surface area contributed by atoms with Gasteiger partial charge in [0, 0.05) is 13.1 Å². The normalized spacial score (nSPS) is 14.1. The Morgan fingerprint density at radius 2 is 1.54 bits per heavy atom. The Labute approximate surface area is 172 Å². The number of benzene rings is 1. The van der Waals surface area contributed by atoms with Gasteiger partial charge in [0.2, 0.25) is 0 Å². The highest BCUT2D eigenvalue weighted by Gasteiger charge is 2.18. The minimum atomic E-state index is 0.778. The van der Waals surface area contributed by atoms with Crippen LogP contribution in [0.4, 0.5) is 0 Å². The van der Waals surface area contributed by atoms with E-state index in [-0.39, 0.29) is 0 Å². The first-order valence-electron chi connectivity index (χ1n) is 11.6. The predicted molar refractivity (Wildman–Crippen MR) is 120 cm³/mol. The largest absolute Gasteiger partial charge is 0.284 e. The minimum Gasteiger partial charge on any atom is -0.284 e. The van der Waals surface area contributed by atoms with Crippen molar-refractivity contribution in [1.82, 2.24) is 19.9 Å². The van der Waals surface area contributed by atoms with E-state index in [4.69, 9.17) is 0 Å². The summed E-state index contributed by atoms with van der Waals surface area (Å²) >= 11 is 0. The topological polar surface area (TPSA) is 34.0 Å². The van der Waals surface area contributed by atoms with Crippen molar-refractivity contribution in [2.75, 3.05) is 13.1 Å². The zero-order valence-corrected chi connectivity index (χ0v) is 19.0. The lowest BCUT2D eigenvalue weighted by Crippen LogP contribution is -2.36. The summed E-state index contributed by atoms with van der Waals surface area (Å²) in [6.45, 7) is 14.6. The van der Waals surface area contributed by atoms with Gasteiger partial charge < -0.3 is 0 Å². The van der Waals surface area contributed by atoms with Gasteiger partial charge in [0.1, 0.15) is 5.52 Å². The van der Waals surface area contributed by atoms with Crippen LogP contribution in [0.3, 0.4) is 0 Å². The van der Waals surface area contributed by atoms with Crippen molar-refractivity contribution in [2.45, 2.75) is 92.7 Å². The lowest BCUT2D eigenvalue weighted by Gasteiger charge is -2.30. The summed E-state index contributed by atoms with van der Waals surface area (Å²) in [7, 11) is 0. The van der Waals surface area contributed by atoms with Crippen molar-refractivity contribution in [3.63, 3.8) is 0 Å². The molecule has 0 saturated heterocycles. The SMILES string of the molecule is CCCCC(CC)CN(CC(CC)CCCC)Cn1nnc2cc(C)ccc21. The summed E-state index contributed by atoms with van der Waals surface area (Å²) in [5, 5.41) is 8.91. The molecule has 28 heavy (non-hydrogen) atoms. The number of fused-ring (bicyclic) bond motifs is 1. The molecule has 0 aliphatic heterocycles. The van der Waals surface area contributed by atoms with Gasteiger partial charge in [-0.15, -0.1) is 5.10 Å². The number of aryl methyl sites for hydroxylation is 1. The standard InChI is InChI=1S/C24H42N4/c1-6-10-12-21(8-3)17-27(18-22(9-4)13-11-7-2)19-28-24-15-14-20(5)16-23(24)25-26-28/h14-16,21-22H,6-13,17-19H2,1-5H3. The van der Waals surface area contributed by atoms with Crippen LogP contribution in [0.25, 0.3) is 11.0 Å². The third-order valence-electron chi connectivity index (χ3n) is 6.12. The van der Waals surface area contributed by atoms with Crippen molar-refractivity contribution in [1.29, 1.82) is 0 Å². The van der Waals surface area contributed by atoms with Crippen LogP contribution < -0.4 is 0 Å². The van der Waals surface area contributed by atoms with Gasteiger partial charge in [-0.25, -0.2) is 4.68 Å². The van der Waals surface area contributed by atoms with Gasteiger partial charge in [-0.2, -0.15) is 0 Å². The summed E-state index contributed by atoms with van der Waals surface area (Å²) in [4.78, 5) is 2.65. The van der Waals surface area contributed by atoms with Gasteiger partial charge in [0.25, 0.3) is 0 Å². The molecule has 4 heteroatoms. The van der Waals surface area contributed by atoms with E-state index in [0.717, 1.165) is 29.5 Å². The van der Waals surface area contributed by atoms with Crippen LogP contribution in [0.2, 0.25) is 0 Å². The molecule has 2 unspecified atom stereocenters. The van der Waals surface area contributed by atoms with E-state index >= 15 is 0 Å². The van der Waals surface area contributed by atoms with Crippen LogP contribution in [0, 0.1) is 18.8 Å². The van der Waals surface area contributed by atoms with Crippen LogP contribution in [0.15, 0.2) is 18.2 Å². The molecule has 0 saturated carbocycles. The van der Waals surface area contributed by atoms with Gasteiger partial charge in [0.15, 0.2) is 0 Å². The molecule has 0 radical (unpaired) electrons. The number of nitrogens with zero attached hydrogens (tertiary/aromatic N) is 4. The second-order valence-electron chi connectivity index (χ2n) is 8.59. The van der Waals surface area contributed by atoms with E-state index in [1.165, 1.54) is 70.0 Å². The highest BCUT2D eigenvalue weighted by molar-refractivity contribution is 5.74. The summed E-state index contributed by atoms with van der Waals surface area (Å²) in [5.74, 6) is 1.56. The maximum atomic E-state index is 4.49. The molecule has 0 aliphatic rings. The first-order chi connectivity index (χ1) is 13.6. The maximum Gasteiger partial charge on any atom is 0.113 e. The van der Waals surface area contributed by atoms with Crippen molar-refractivity contribution in [3.8, 4) is 0 Å². The summed E-state index contributed by atoms with van der Waals surface area (Å²) in [6, 6.07) is 6.47. The molecule has 1 aromatic carbocycles. The Bertz CT molecular complexity index is 660. The van der Waals surface area contributed by atoms with Crippen molar-refractivity contribution in [3.05, 3.63) is 23.8 Å². The molecular weight excluding hydrogens is 344 g/mol. The van der Waals surface area contributed by atoms with Crippen LogP contribution in [0.5, 0.6) is 0 Å². The lowest BCUT2D eigenvalue weighted by atomic mass is 9.96. The summed E-state index contributed by atoms with van der Waals surface area (Å²) in [6.07, 6.45) is 10.5. The average molecular weight is 387 g/mol. The monoisotopic (exact) mass is 386 g/mol. The van der Waals surface area contributed by atoms with Gasteiger partial charge >= 0.3 is 0 Å². The molecular formula is C24H42N4. The minimum absolute atomic E-state index is 0.778. The summed E-state index contributed by atoms with van der Waals surface area (Å²) < 4.78 is 2.11.